The van der Waals surface area contributed by atoms with Crippen LogP contribution in [0.5, 0.6) is 5.75 Å². The lowest BCUT2D eigenvalue weighted by Crippen LogP contribution is -2.45. The van der Waals surface area contributed by atoms with Gasteiger partial charge in [0.1, 0.15) is 17.9 Å². The fraction of sp³-hybridized carbons (Fsp3) is 0.355. The Morgan fingerprint density at radius 1 is 1.15 bits per heavy atom. The number of benzene rings is 2. The van der Waals surface area contributed by atoms with Crippen molar-refractivity contribution in [1.29, 1.82) is 0 Å². The van der Waals surface area contributed by atoms with E-state index in [0.29, 0.717) is 35.0 Å². The highest BCUT2D eigenvalue weighted by Crippen LogP contribution is 2.40. The molecular formula is C31H38N8O2. The molecule has 0 radical (unpaired) electrons. The third kappa shape index (κ3) is 6.02. The van der Waals surface area contributed by atoms with Crippen LogP contribution in [0.3, 0.4) is 0 Å². The van der Waals surface area contributed by atoms with Crippen LogP contribution in [-0.4, -0.2) is 69.9 Å². The van der Waals surface area contributed by atoms with Crippen LogP contribution in [0.15, 0.2) is 61.6 Å². The third-order valence-corrected chi connectivity index (χ3v) is 7.89. The molecule has 0 bridgehead atoms. The van der Waals surface area contributed by atoms with E-state index in [1.54, 1.807) is 7.11 Å². The molecule has 41 heavy (non-hydrogen) atoms. The third-order valence-electron chi connectivity index (χ3n) is 7.89. The van der Waals surface area contributed by atoms with Gasteiger partial charge in [-0.1, -0.05) is 12.6 Å². The fourth-order valence-corrected chi connectivity index (χ4v) is 5.44. The van der Waals surface area contributed by atoms with Crippen molar-refractivity contribution in [3.05, 3.63) is 61.6 Å². The van der Waals surface area contributed by atoms with Crippen molar-refractivity contribution in [2.75, 3.05) is 42.8 Å². The van der Waals surface area contributed by atoms with Crippen molar-refractivity contribution >= 4 is 39.7 Å². The molecule has 1 aliphatic heterocycles. The van der Waals surface area contributed by atoms with E-state index >= 15 is 0 Å². The van der Waals surface area contributed by atoms with Crippen molar-refractivity contribution in [3.8, 4) is 17.0 Å². The van der Waals surface area contributed by atoms with Crippen LogP contribution < -0.4 is 20.3 Å². The highest BCUT2D eigenvalue weighted by Gasteiger charge is 2.26. The number of hydrogen-bond acceptors (Lipinski definition) is 8. The number of carbonyl (C=O) groups is 1. The first-order valence-corrected chi connectivity index (χ1v) is 13.9. The molecule has 0 aliphatic carbocycles. The zero-order valence-corrected chi connectivity index (χ0v) is 24.4. The summed E-state index contributed by atoms with van der Waals surface area (Å²) in [4.78, 5) is 26.1. The largest absolute Gasteiger partial charge is 0.494 e. The lowest BCUT2D eigenvalue weighted by molar-refractivity contribution is -0.111. The van der Waals surface area contributed by atoms with Crippen LogP contribution in [0.4, 0.5) is 22.9 Å². The zero-order chi connectivity index (χ0) is 29.1. The summed E-state index contributed by atoms with van der Waals surface area (Å²) in [7, 11) is 5.64. The molecule has 0 atom stereocenters. The summed E-state index contributed by atoms with van der Waals surface area (Å²) in [5.74, 6) is 0.961. The predicted molar refractivity (Wildman–Crippen MR) is 165 cm³/mol. The summed E-state index contributed by atoms with van der Waals surface area (Å²) in [5.41, 5.74) is 5.02. The average Bonchev–Trinajstić information content (AvgIpc) is 3.36. The summed E-state index contributed by atoms with van der Waals surface area (Å²) < 4.78 is 7.66. The molecule has 214 valence electrons. The van der Waals surface area contributed by atoms with Crippen LogP contribution in [0, 0.1) is 0 Å². The van der Waals surface area contributed by atoms with Gasteiger partial charge < -0.3 is 25.2 Å². The smallest absolute Gasteiger partial charge is 0.247 e. The molecule has 2 aromatic carbocycles. The maximum Gasteiger partial charge on any atom is 0.247 e. The van der Waals surface area contributed by atoms with E-state index in [1.807, 2.05) is 48.3 Å². The van der Waals surface area contributed by atoms with Crippen LogP contribution in [0.2, 0.25) is 0 Å². The van der Waals surface area contributed by atoms with Gasteiger partial charge in [-0.2, -0.15) is 5.10 Å². The Kier molecular flexibility index (Phi) is 8.21. The Labute approximate surface area is 241 Å². The van der Waals surface area contributed by atoms with Crippen molar-refractivity contribution in [2.45, 2.75) is 38.8 Å². The Hall–Kier alpha value is -4.44. The molecule has 0 saturated carbocycles. The second kappa shape index (κ2) is 12.0. The van der Waals surface area contributed by atoms with Gasteiger partial charge in [-0.15, -0.1) is 0 Å². The molecule has 1 aliphatic rings. The quantitative estimate of drug-likeness (QED) is 0.272. The van der Waals surface area contributed by atoms with E-state index in [1.165, 1.54) is 12.4 Å². The maximum absolute atomic E-state index is 12.4. The van der Waals surface area contributed by atoms with Gasteiger partial charge >= 0.3 is 0 Å². The lowest BCUT2D eigenvalue weighted by Gasteiger charge is -2.40. The van der Waals surface area contributed by atoms with E-state index in [2.05, 4.69) is 69.0 Å². The molecular weight excluding hydrogens is 516 g/mol. The second-order valence-corrected chi connectivity index (χ2v) is 10.7. The minimum atomic E-state index is -0.277. The van der Waals surface area contributed by atoms with Gasteiger partial charge in [0, 0.05) is 62.4 Å². The molecule has 1 fully saturated rings. The number of piperidine rings is 1. The second-order valence-electron chi connectivity index (χ2n) is 10.7. The van der Waals surface area contributed by atoms with Gasteiger partial charge in [0.15, 0.2) is 0 Å². The molecule has 0 spiro atoms. The maximum atomic E-state index is 12.4. The van der Waals surface area contributed by atoms with Gasteiger partial charge in [-0.05, 0) is 51.0 Å². The number of nitrogens with one attached hydrogen (secondary N) is 2. The van der Waals surface area contributed by atoms with Crippen molar-refractivity contribution in [2.24, 2.45) is 7.05 Å². The minimum Gasteiger partial charge on any atom is -0.494 e. The molecule has 10 nitrogen and oxygen atoms in total. The number of methoxy groups -OCH3 is 1. The van der Waals surface area contributed by atoms with E-state index < -0.39 is 0 Å². The first-order chi connectivity index (χ1) is 19.8. The summed E-state index contributed by atoms with van der Waals surface area (Å²) in [6.45, 7) is 10.2. The number of aryl methyl sites for hydroxylation is 1. The highest BCUT2D eigenvalue weighted by molar-refractivity contribution is 6.02. The Morgan fingerprint density at radius 2 is 1.93 bits per heavy atom. The number of amides is 1. The van der Waals surface area contributed by atoms with Crippen LogP contribution in [-0.2, 0) is 11.8 Å². The van der Waals surface area contributed by atoms with E-state index in [0.717, 1.165) is 53.8 Å². The van der Waals surface area contributed by atoms with Crippen molar-refractivity contribution in [1.82, 2.24) is 24.6 Å². The summed E-state index contributed by atoms with van der Waals surface area (Å²) in [6, 6.07) is 12.7. The first kappa shape index (κ1) is 28.1. The first-order valence-electron chi connectivity index (χ1n) is 13.9. The topological polar surface area (TPSA) is 100 Å². The lowest BCUT2D eigenvalue weighted by atomic mass is 10.0. The van der Waals surface area contributed by atoms with E-state index in [9.17, 15) is 4.79 Å². The number of nitrogens with zero attached hydrogens (tertiary/aromatic N) is 6. The van der Waals surface area contributed by atoms with Gasteiger partial charge in [-0.25, -0.2) is 9.97 Å². The minimum absolute atomic E-state index is 0.277. The van der Waals surface area contributed by atoms with Crippen molar-refractivity contribution in [3.63, 3.8) is 0 Å². The Balaban J connectivity index is 1.44. The van der Waals surface area contributed by atoms with Gasteiger partial charge in [0.25, 0.3) is 0 Å². The number of rotatable bonds is 9. The molecule has 3 heterocycles. The van der Waals surface area contributed by atoms with Gasteiger partial charge in [-0.3, -0.25) is 9.48 Å². The number of likely N-dealkylation sites (tertiary alicyclic amines) is 1. The number of hydrogen-bond donors (Lipinski definition) is 2. The number of ether oxygens (including phenoxy) is 1. The van der Waals surface area contributed by atoms with E-state index in [-0.39, 0.29) is 5.91 Å². The van der Waals surface area contributed by atoms with Gasteiger partial charge in [0.05, 0.1) is 41.6 Å². The van der Waals surface area contributed by atoms with Crippen LogP contribution >= 0.6 is 0 Å². The molecule has 1 saturated heterocycles. The normalized spacial score (nSPS) is 14.3. The summed E-state index contributed by atoms with van der Waals surface area (Å²) in [6.07, 6.45) is 6.73. The zero-order valence-electron chi connectivity index (χ0n) is 24.4. The van der Waals surface area contributed by atoms with Crippen molar-refractivity contribution < 1.29 is 9.53 Å². The fourth-order valence-electron chi connectivity index (χ4n) is 5.44. The molecule has 1 amide bonds. The monoisotopic (exact) mass is 554 g/mol. The Bertz CT molecular complexity index is 1560. The predicted octanol–water partition coefficient (Wildman–Crippen LogP) is 5.22. The number of aromatic nitrogens is 4. The van der Waals surface area contributed by atoms with Crippen LogP contribution in [0.25, 0.3) is 22.2 Å². The summed E-state index contributed by atoms with van der Waals surface area (Å²) >= 11 is 0. The average molecular weight is 555 g/mol. The Morgan fingerprint density at radius 3 is 2.63 bits per heavy atom. The summed E-state index contributed by atoms with van der Waals surface area (Å²) in [5, 5.41) is 11.7. The van der Waals surface area contributed by atoms with Gasteiger partial charge in [0.2, 0.25) is 5.91 Å². The number of anilines is 4. The standard InChI is InChI=1S/C31H38N8O2/c1-7-31(40)36-25-15-26(29(41-6)17-28(25)37(4)23-10-12-39(13-11-23)20(2)3)35-30-16-24(32-19-33-30)21-8-9-27-22(14-21)18-34-38(27)5/h7-9,14-20,23H,1,10-13H2,2-6H3,(H,36,40)(H,32,33,35). The number of fused-ring (bicyclic) bond motifs is 1. The molecule has 10 heteroatoms. The molecule has 5 rings (SSSR count). The highest BCUT2D eigenvalue weighted by atomic mass is 16.5. The molecule has 0 unspecified atom stereocenters. The molecule has 4 aromatic rings. The van der Waals surface area contributed by atoms with E-state index in [4.69, 9.17) is 4.74 Å². The van der Waals surface area contributed by atoms with Crippen LogP contribution in [0.1, 0.15) is 26.7 Å². The molecule has 2 N–H and O–H groups in total. The SMILES string of the molecule is C=CC(=O)Nc1cc(Nc2cc(-c3ccc4c(cnn4C)c3)ncn2)c(OC)cc1N(C)C1CCN(C(C)C)CC1. The molecule has 2 aromatic heterocycles. The number of carbonyl (C=O) groups excluding carboxylic acids is 1.